The summed E-state index contributed by atoms with van der Waals surface area (Å²) >= 11 is 5.22. The van der Waals surface area contributed by atoms with Crippen molar-refractivity contribution in [2.75, 3.05) is 56.2 Å². The molecule has 3 rings (SSSR count). The molecule has 0 radical (unpaired) electrons. The number of hydrogen-bond donors (Lipinski definition) is 2. The van der Waals surface area contributed by atoms with Crippen molar-refractivity contribution in [3.05, 3.63) is 11.8 Å². The van der Waals surface area contributed by atoms with Crippen molar-refractivity contribution in [1.29, 1.82) is 0 Å². The molecule has 1 atom stereocenters. The molecular weight excluding hydrogens is 405 g/mol. The average Bonchev–Trinajstić information content (AvgIpc) is 2.68. The Hall–Kier alpha value is -1.72. The Bertz CT molecular complexity index is 699. The Labute approximate surface area is 174 Å². The molecule has 0 spiro atoms. The monoisotopic (exact) mass is 432 g/mol. The van der Waals surface area contributed by atoms with Gasteiger partial charge < -0.3 is 20.3 Å². The standard InChI is InChI=1S/C18H27F3N6OS/c1-13-4-2-3-6-27(13)15-12-14(18(19,20)21)23-16(24-15)25-17(29)22-5-7-26-8-10-28-11-9-26/h12-13H,2-11H2,1H3,(H2,22,23,24,25,29)/t13-/m0/s1. The third-order valence-electron chi connectivity index (χ3n) is 5.14. The van der Waals surface area contributed by atoms with Gasteiger partial charge in [-0.2, -0.15) is 18.2 Å². The summed E-state index contributed by atoms with van der Waals surface area (Å²) in [4.78, 5) is 12.1. The number of halogens is 3. The molecule has 162 valence electrons. The molecule has 2 fully saturated rings. The highest BCUT2D eigenvalue weighted by atomic mass is 32.1. The van der Waals surface area contributed by atoms with Gasteiger partial charge in [-0.25, -0.2) is 4.98 Å². The fourth-order valence-corrected chi connectivity index (χ4v) is 3.71. The molecule has 7 nitrogen and oxygen atoms in total. The van der Waals surface area contributed by atoms with Gasteiger partial charge >= 0.3 is 6.18 Å². The molecule has 0 saturated carbocycles. The number of aromatic nitrogens is 2. The molecule has 0 bridgehead atoms. The summed E-state index contributed by atoms with van der Waals surface area (Å²) in [6.45, 7) is 7.14. The molecule has 11 heteroatoms. The van der Waals surface area contributed by atoms with Crippen LogP contribution in [0.2, 0.25) is 0 Å². The van der Waals surface area contributed by atoms with Crippen LogP contribution in [0.3, 0.4) is 0 Å². The molecule has 1 aromatic heterocycles. The molecule has 1 aromatic rings. The predicted octanol–water partition coefficient (Wildman–Crippen LogP) is 2.49. The second-order valence-corrected chi connectivity index (χ2v) is 7.71. The van der Waals surface area contributed by atoms with E-state index in [0.717, 1.165) is 45.0 Å². The van der Waals surface area contributed by atoms with E-state index in [9.17, 15) is 13.2 Å². The number of thiocarbonyl (C=S) groups is 1. The highest BCUT2D eigenvalue weighted by Crippen LogP contribution is 2.32. The molecule has 2 N–H and O–H groups in total. The van der Waals surface area contributed by atoms with Crippen LogP contribution < -0.4 is 15.5 Å². The fourth-order valence-electron chi connectivity index (χ4n) is 3.52. The van der Waals surface area contributed by atoms with Gasteiger partial charge in [0.05, 0.1) is 13.2 Å². The van der Waals surface area contributed by atoms with Crippen LogP contribution in [0.15, 0.2) is 6.07 Å². The first-order valence-corrected chi connectivity index (χ1v) is 10.3. The zero-order valence-electron chi connectivity index (χ0n) is 16.5. The molecule has 3 heterocycles. The largest absolute Gasteiger partial charge is 0.433 e. The molecule has 0 amide bonds. The quantitative estimate of drug-likeness (QED) is 0.688. The van der Waals surface area contributed by atoms with Crippen LogP contribution in [0.4, 0.5) is 24.9 Å². The number of nitrogens with zero attached hydrogens (tertiary/aromatic N) is 4. The Morgan fingerprint density at radius 1 is 1.24 bits per heavy atom. The van der Waals surface area contributed by atoms with E-state index in [2.05, 4.69) is 25.5 Å². The number of alkyl halides is 3. The Morgan fingerprint density at radius 2 is 2.00 bits per heavy atom. The highest BCUT2D eigenvalue weighted by molar-refractivity contribution is 7.80. The van der Waals surface area contributed by atoms with Gasteiger partial charge in [0.2, 0.25) is 5.95 Å². The summed E-state index contributed by atoms with van der Waals surface area (Å²) in [6.07, 6.45) is -1.63. The summed E-state index contributed by atoms with van der Waals surface area (Å²) in [5, 5.41) is 5.93. The molecular formula is C18H27F3N6OS. The topological polar surface area (TPSA) is 65.6 Å². The van der Waals surface area contributed by atoms with Gasteiger partial charge in [0, 0.05) is 44.8 Å². The zero-order valence-corrected chi connectivity index (χ0v) is 17.3. The van der Waals surface area contributed by atoms with E-state index in [4.69, 9.17) is 17.0 Å². The average molecular weight is 433 g/mol. The number of piperidine rings is 1. The Kier molecular flexibility index (Phi) is 7.47. The van der Waals surface area contributed by atoms with Crippen LogP contribution in [-0.2, 0) is 10.9 Å². The number of rotatable bonds is 5. The second-order valence-electron chi connectivity index (χ2n) is 7.31. The lowest BCUT2D eigenvalue weighted by molar-refractivity contribution is -0.141. The normalized spacial score (nSPS) is 21.1. The lowest BCUT2D eigenvalue weighted by Crippen LogP contribution is -2.42. The molecule has 0 aliphatic carbocycles. The van der Waals surface area contributed by atoms with Crippen LogP contribution >= 0.6 is 12.2 Å². The van der Waals surface area contributed by atoms with Gasteiger partial charge in [-0.1, -0.05) is 0 Å². The second kappa shape index (κ2) is 9.86. The van der Waals surface area contributed by atoms with Gasteiger partial charge in [-0.3, -0.25) is 4.90 Å². The Balaban J connectivity index is 1.65. The molecule has 0 unspecified atom stereocenters. The number of nitrogens with one attached hydrogen (secondary N) is 2. The van der Waals surface area contributed by atoms with Crippen molar-refractivity contribution in [1.82, 2.24) is 20.2 Å². The minimum Gasteiger partial charge on any atom is -0.379 e. The zero-order chi connectivity index (χ0) is 20.9. The minimum atomic E-state index is -4.56. The van der Waals surface area contributed by atoms with Crippen molar-refractivity contribution < 1.29 is 17.9 Å². The summed E-state index contributed by atoms with van der Waals surface area (Å²) in [5.74, 6) is 0.134. The predicted molar refractivity (Wildman–Crippen MR) is 109 cm³/mol. The molecule has 2 saturated heterocycles. The van der Waals surface area contributed by atoms with E-state index >= 15 is 0 Å². The van der Waals surface area contributed by atoms with Crippen molar-refractivity contribution in [3.8, 4) is 0 Å². The molecule has 2 aliphatic heterocycles. The number of morpholine rings is 1. The van der Waals surface area contributed by atoms with Crippen molar-refractivity contribution in [3.63, 3.8) is 0 Å². The first-order chi connectivity index (χ1) is 13.8. The van der Waals surface area contributed by atoms with Gasteiger partial charge in [0.25, 0.3) is 0 Å². The lowest BCUT2D eigenvalue weighted by Gasteiger charge is -2.34. The SMILES string of the molecule is C[C@H]1CCCCN1c1cc(C(F)(F)F)nc(NC(=S)NCCN2CCOCC2)n1. The van der Waals surface area contributed by atoms with Crippen LogP contribution in [0, 0.1) is 0 Å². The Morgan fingerprint density at radius 3 is 2.69 bits per heavy atom. The van der Waals surface area contributed by atoms with Gasteiger partial charge in [0.1, 0.15) is 5.82 Å². The number of ether oxygens (including phenoxy) is 1. The van der Waals surface area contributed by atoms with Crippen LogP contribution in [-0.4, -0.2) is 72.0 Å². The van der Waals surface area contributed by atoms with Crippen LogP contribution in [0.1, 0.15) is 31.9 Å². The maximum atomic E-state index is 13.4. The van der Waals surface area contributed by atoms with E-state index in [1.807, 2.05) is 11.8 Å². The van der Waals surface area contributed by atoms with Gasteiger partial charge in [0.15, 0.2) is 10.8 Å². The van der Waals surface area contributed by atoms with Crippen molar-refractivity contribution in [2.24, 2.45) is 0 Å². The first-order valence-electron chi connectivity index (χ1n) is 9.91. The first kappa shape index (κ1) is 22.0. The number of anilines is 2. The van der Waals surface area contributed by atoms with E-state index in [1.54, 1.807) is 0 Å². The smallest absolute Gasteiger partial charge is 0.379 e. The lowest BCUT2D eigenvalue weighted by atomic mass is 10.0. The maximum Gasteiger partial charge on any atom is 0.433 e. The van der Waals surface area contributed by atoms with Gasteiger partial charge in [-0.05, 0) is 38.4 Å². The molecule has 2 aliphatic rings. The van der Waals surface area contributed by atoms with Crippen LogP contribution in [0.25, 0.3) is 0 Å². The van der Waals surface area contributed by atoms with Crippen molar-refractivity contribution >= 4 is 29.1 Å². The summed E-state index contributed by atoms with van der Waals surface area (Å²) < 4.78 is 45.4. The third-order valence-corrected chi connectivity index (χ3v) is 5.39. The van der Waals surface area contributed by atoms with E-state index in [-0.39, 0.29) is 22.9 Å². The van der Waals surface area contributed by atoms with Crippen molar-refractivity contribution in [2.45, 2.75) is 38.4 Å². The van der Waals surface area contributed by atoms with Crippen LogP contribution in [0.5, 0.6) is 0 Å². The summed E-state index contributed by atoms with van der Waals surface area (Å²) in [5.41, 5.74) is -0.973. The fraction of sp³-hybridized carbons (Fsp3) is 0.722. The summed E-state index contributed by atoms with van der Waals surface area (Å²) in [6, 6.07) is 1.15. The minimum absolute atomic E-state index is 0.131. The maximum absolute atomic E-state index is 13.4. The van der Waals surface area contributed by atoms with E-state index < -0.39 is 11.9 Å². The van der Waals surface area contributed by atoms with E-state index in [1.165, 1.54) is 0 Å². The number of hydrogen-bond acceptors (Lipinski definition) is 6. The highest BCUT2D eigenvalue weighted by Gasteiger charge is 2.35. The summed E-state index contributed by atoms with van der Waals surface area (Å²) in [7, 11) is 0. The molecule has 0 aromatic carbocycles. The van der Waals surface area contributed by atoms with Gasteiger partial charge in [-0.15, -0.1) is 0 Å². The molecule has 29 heavy (non-hydrogen) atoms. The van der Waals surface area contributed by atoms with E-state index in [0.29, 0.717) is 26.3 Å². The third kappa shape index (κ3) is 6.38.